The molecule has 3 heteroatoms. The molecule has 2 N–H and O–H groups in total. The number of rotatable bonds is 6. The lowest BCUT2D eigenvalue weighted by molar-refractivity contribution is 0.149. The molecular formula is C16H22N2O. The van der Waals surface area contributed by atoms with Crippen molar-refractivity contribution in [2.24, 2.45) is 0 Å². The topological polar surface area (TPSA) is 45.1 Å². The van der Waals surface area contributed by atoms with Gasteiger partial charge in [0.15, 0.2) is 0 Å². The molecule has 1 heterocycles. The summed E-state index contributed by atoms with van der Waals surface area (Å²) in [6.45, 7) is 5.16. The van der Waals surface area contributed by atoms with Gasteiger partial charge in [0.25, 0.3) is 0 Å². The number of benzene rings is 1. The summed E-state index contributed by atoms with van der Waals surface area (Å²) in [6, 6.07) is 10.3. The third-order valence-corrected chi connectivity index (χ3v) is 3.99. The maximum absolute atomic E-state index is 9.55. The molecule has 3 nitrogen and oxygen atoms in total. The van der Waals surface area contributed by atoms with Crippen LogP contribution in [0.1, 0.15) is 32.3 Å². The van der Waals surface area contributed by atoms with Gasteiger partial charge in [-0.05, 0) is 36.6 Å². The average Bonchev–Trinajstić information content (AvgIpc) is 2.49. The number of pyridine rings is 1. The van der Waals surface area contributed by atoms with Gasteiger partial charge in [-0.1, -0.05) is 26.0 Å². The number of hydrogen-bond acceptors (Lipinski definition) is 3. The lowest BCUT2D eigenvalue weighted by atomic mass is 9.93. The Morgan fingerprint density at radius 2 is 2.00 bits per heavy atom. The number of nitrogens with one attached hydrogen (secondary N) is 1. The van der Waals surface area contributed by atoms with Crippen LogP contribution in [-0.2, 0) is 6.54 Å². The fourth-order valence-electron chi connectivity index (χ4n) is 2.30. The number of aromatic nitrogens is 1. The molecule has 0 spiro atoms. The van der Waals surface area contributed by atoms with Crippen molar-refractivity contribution in [2.45, 2.75) is 38.8 Å². The van der Waals surface area contributed by atoms with Crippen LogP contribution in [0, 0.1) is 0 Å². The molecule has 0 aliphatic carbocycles. The third-order valence-electron chi connectivity index (χ3n) is 3.99. The van der Waals surface area contributed by atoms with Crippen LogP contribution in [0.25, 0.3) is 10.9 Å². The Hall–Kier alpha value is -1.45. The first-order valence-corrected chi connectivity index (χ1v) is 6.92. The van der Waals surface area contributed by atoms with Crippen LogP contribution in [0.4, 0.5) is 0 Å². The second-order valence-electron chi connectivity index (χ2n) is 5.03. The molecule has 0 saturated carbocycles. The molecule has 2 aromatic rings. The molecule has 0 fully saturated rings. The molecule has 0 aliphatic rings. The van der Waals surface area contributed by atoms with E-state index in [9.17, 15) is 5.11 Å². The predicted octanol–water partition coefficient (Wildman–Crippen LogP) is 2.88. The average molecular weight is 258 g/mol. The summed E-state index contributed by atoms with van der Waals surface area (Å²) in [5.41, 5.74) is 2.08. The SMILES string of the molecule is CCC(CC)(CO)NCc1ccc2ncccc2c1. The van der Waals surface area contributed by atoms with E-state index in [0.717, 1.165) is 30.3 Å². The molecule has 0 saturated heterocycles. The monoisotopic (exact) mass is 258 g/mol. The molecule has 0 atom stereocenters. The third kappa shape index (κ3) is 3.11. The van der Waals surface area contributed by atoms with E-state index >= 15 is 0 Å². The van der Waals surface area contributed by atoms with E-state index in [2.05, 4.69) is 42.3 Å². The van der Waals surface area contributed by atoms with Crippen LogP contribution in [0.3, 0.4) is 0 Å². The Labute approximate surface area is 114 Å². The first kappa shape index (κ1) is 14.0. The minimum Gasteiger partial charge on any atom is -0.394 e. The number of hydrogen-bond donors (Lipinski definition) is 2. The van der Waals surface area contributed by atoms with Crippen molar-refractivity contribution in [3.63, 3.8) is 0 Å². The molecule has 0 aliphatic heterocycles. The Morgan fingerprint density at radius 1 is 1.21 bits per heavy atom. The molecular weight excluding hydrogens is 236 g/mol. The van der Waals surface area contributed by atoms with Gasteiger partial charge >= 0.3 is 0 Å². The zero-order valence-corrected chi connectivity index (χ0v) is 11.7. The molecule has 0 radical (unpaired) electrons. The standard InChI is InChI=1S/C16H22N2O/c1-3-16(4-2,12-19)18-11-13-7-8-15-14(10-13)6-5-9-17-15/h5-10,18-19H,3-4,11-12H2,1-2H3. The zero-order valence-electron chi connectivity index (χ0n) is 11.7. The highest BCUT2D eigenvalue weighted by Gasteiger charge is 2.23. The summed E-state index contributed by atoms with van der Waals surface area (Å²) in [5, 5.41) is 14.2. The summed E-state index contributed by atoms with van der Waals surface area (Å²) in [7, 11) is 0. The van der Waals surface area contributed by atoms with Crippen LogP contribution >= 0.6 is 0 Å². The van der Waals surface area contributed by atoms with Crippen molar-refractivity contribution in [3.05, 3.63) is 42.1 Å². The fraction of sp³-hybridized carbons (Fsp3) is 0.438. The molecule has 0 unspecified atom stereocenters. The van der Waals surface area contributed by atoms with E-state index in [1.54, 1.807) is 0 Å². The van der Waals surface area contributed by atoms with Crippen LogP contribution in [0.5, 0.6) is 0 Å². The highest BCUT2D eigenvalue weighted by atomic mass is 16.3. The predicted molar refractivity (Wildman–Crippen MR) is 79.0 cm³/mol. The molecule has 2 rings (SSSR count). The molecule has 19 heavy (non-hydrogen) atoms. The Kier molecular flexibility index (Phi) is 4.51. The number of fused-ring (bicyclic) bond motifs is 1. The molecule has 0 bridgehead atoms. The van der Waals surface area contributed by atoms with Gasteiger partial charge in [0.2, 0.25) is 0 Å². The maximum Gasteiger partial charge on any atom is 0.0702 e. The van der Waals surface area contributed by atoms with Crippen LogP contribution in [0.15, 0.2) is 36.5 Å². The Morgan fingerprint density at radius 3 is 2.68 bits per heavy atom. The second-order valence-corrected chi connectivity index (χ2v) is 5.03. The highest BCUT2D eigenvalue weighted by Crippen LogP contribution is 2.17. The molecule has 102 valence electrons. The highest BCUT2D eigenvalue weighted by molar-refractivity contribution is 5.78. The van der Waals surface area contributed by atoms with Gasteiger partial charge < -0.3 is 10.4 Å². The van der Waals surface area contributed by atoms with E-state index in [1.807, 2.05) is 18.3 Å². The number of aliphatic hydroxyl groups is 1. The van der Waals surface area contributed by atoms with E-state index in [1.165, 1.54) is 5.56 Å². The molecule has 1 aromatic heterocycles. The lowest BCUT2D eigenvalue weighted by Crippen LogP contribution is -2.47. The van der Waals surface area contributed by atoms with Crippen molar-refractivity contribution in [1.82, 2.24) is 10.3 Å². The summed E-state index contributed by atoms with van der Waals surface area (Å²) in [6.07, 6.45) is 3.66. The first-order chi connectivity index (χ1) is 9.23. The van der Waals surface area contributed by atoms with Crippen molar-refractivity contribution < 1.29 is 5.11 Å². The van der Waals surface area contributed by atoms with E-state index < -0.39 is 0 Å². The molecule has 0 amide bonds. The minimum atomic E-state index is -0.163. The number of aliphatic hydroxyl groups excluding tert-OH is 1. The second kappa shape index (κ2) is 6.13. The van der Waals surface area contributed by atoms with Gasteiger partial charge in [0.05, 0.1) is 12.1 Å². The summed E-state index contributed by atoms with van der Waals surface area (Å²) < 4.78 is 0. The van der Waals surface area contributed by atoms with Gasteiger partial charge in [-0.3, -0.25) is 4.98 Å². The van der Waals surface area contributed by atoms with Crippen molar-refractivity contribution in [1.29, 1.82) is 0 Å². The lowest BCUT2D eigenvalue weighted by Gasteiger charge is -2.31. The van der Waals surface area contributed by atoms with Crippen LogP contribution < -0.4 is 5.32 Å². The Bertz CT molecular complexity index is 527. The largest absolute Gasteiger partial charge is 0.394 e. The van der Waals surface area contributed by atoms with E-state index in [-0.39, 0.29) is 12.1 Å². The fourth-order valence-corrected chi connectivity index (χ4v) is 2.30. The zero-order chi connectivity index (χ0) is 13.7. The normalized spacial score (nSPS) is 11.9. The Balaban J connectivity index is 2.13. The minimum absolute atomic E-state index is 0.163. The van der Waals surface area contributed by atoms with E-state index in [0.29, 0.717) is 0 Å². The van der Waals surface area contributed by atoms with Gasteiger partial charge in [0.1, 0.15) is 0 Å². The van der Waals surface area contributed by atoms with Crippen molar-refractivity contribution >= 4 is 10.9 Å². The van der Waals surface area contributed by atoms with E-state index in [4.69, 9.17) is 0 Å². The first-order valence-electron chi connectivity index (χ1n) is 6.92. The van der Waals surface area contributed by atoms with Gasteiger partial charge in [-0.25, -0.2) is 0 Å². The summed E-state index contributed by atoms with van der Waals surface area (Å²) >= 11 is 0. The maximum atomic E-state index is 9.55. The summed E-state index contributed by atoms with van der Waals surface area (Å²) in [4.78, 5) is 4.32. The van der Waals surface area contributed by atoms with Gasteiger partial charge in [-0.15, -0.1) is 0 Å². The number of nitrogens with zero attached hydrogens (tertiary/aromatic N) is 1. The molecule has 1 aromatic carbocycles. The van der Waals surface area contributed by atoms with Crippen LogP contribution in [-0.4, -0.2) is 22.2 Å². The van der Waals surface area contributed by atoms with Crippen molar-refractivity contribution in [3.8, 4) is 0 Å². The van der Waals surface area contributed by atoms with Gasteiger partial charge in [-0.2, -0.15) is 0 Å². The quantitative estimate of drug-likeness (QED) is 0.837. The smallest absolute Gasteiger partial charge is 0.0702 e. The van der Waals surface area contributed by atoms with Crippen molar-refractivity contribution in [2.75, 3.05) is 6.61 Å². The van der Waals surface area contributed by atoms with Gasteiger partial charge in [0, 0.05) is 23.7 Å². The van der Waals surface area contributed by atoms with Crippen LogP contribution in [0.2, 0.25) is 0 Å². The summed E-state index contributed by atoms with van der Waals surface area (Å²) in [5.74, 6) is 0.